The Morgan fingerprint density at radius 3 is 2.60 bits per heavy atom. The van der Waals surface area contributed by atoms with Gasteiger partial charge in [0.2, 0.25) is 0 Å². The number of para-hydroxylation sites is 2. The molecular formula is C31H30N6O4S. The molecule has 0 bridgehead atoms. The molecule has 2 aromatic heterocycles. The molecule has 0 radical (unpaired) electrons. The average Bonchev–Trinajstić information content (AvgIpc) is 3.44. The van der Waals surface area contributed by atoms with Crippen LogP contribution >= 0.6 is 11.8 Å². The number of nitrogens with one attached hydrogen (secondary N) is 1. The largest absolute Gasteiger partial charge is 0.392 e. The molecule has 4 unspecified atom stereocenters. The zero-order chi connectivity index (χ0) is 29.1. The first kappa shape index (κ1) is 28.0. The summed E-state index contributed by atoms with van der Waals surface area (Å²) in [5.74, 6) is 0.316. The number of fused-ring (bicyclic) bond motifs is 1. The Labute approximate surface area is 247 Å². The monoisotopic (exact) mass is 582 g/mol. The minimum absolute atomic E-state index is 0.0205. The number of aromatic nitrogens is 5. The minimum atomic E-state index is -0.675. The van der Waals surface area contributed by atoms with Gasteiger partial charge in [0.15, 0.2) is 11.4 Å². The highest BCUT2D eigenvalue weighted by atomic mass is 32.2. The summed E-state index contributed by atoms with van der Waals surface area (Å²) in [6, 6.07) is 22.7. The lowest BCUT2D eigenvalue weighted by molar-refractivity contribution is -0.268. The molecule has 42 heavy (non-hydrogen) atoms. The third-order valence-electron chi connectivity index (χ3n) is 7.27. The quantitative estimate of drug-likeness (QED) is 0.241. The Balaban J connectivity index is 1.24. The fourth-order valence-electron chi connectivity index (χ4n) is 4.89. The van der Waals surface area contributed by atoms with Crippen LogP contribution in [0.4, 0.5) is 5.69 Å². The molecule has 2 N–H and O–H groups in total. The molecule has 3 aromatic carbocycles. The highest BCUT2D eigenvalue weighted by molar-refractivity contribution is 7.99. The Morgan fingerprint density at radius 2 is 1.83 bits per heavy atom. The highest BCUT2D eigenvalue weighted by Crippen LogP contribution is 2.43. The number of hydrogen-bond donors (Lipinski definition) is 2. The molecule has 3 heterocycles. The van der Waals surface area contributed by atoms with E-state index in [2.05, 4.69) is 32.4 Å². The molecule has 0 saturated carbocycles. The summed E-state index contributed by atoms with van der Waals surface area (Å²) >= 11 is 1.58. The number of aliphatic hydroxyl groups is 1. The van der Waals surface area contributed by atoms with Gasteiger partial charge in [-0.05, 0) is 35.4 Å². The van der Waals surface area contributed by atoms with Gasteiger partial charge in [0.1, 0.15) is 12.0 Å². The first-order valence-electron chi connectivity index (χ1n) is 13.6. The molecule has 11 heteroatoms. The summed E-state index contributed by atoms with van der Waals surface area (Å²) in [5.41, 5.74) is 4.81. The van der Waals surface area contributed by atoms with Gasteiger partial charge in [0.05, 0.1) is 36.0 Å². The lowest BCUT2D eigenvalue weighted by Crippen LogP contribution is -2.38. The smallest absolute Gasteiger partial charge is 0.275 e. The second-order valence-corrected chi connectivity index (χ2v) is 11.2. The standard InChI is InChI=1S/C31H30N6O4S/c1-19-27(17-42-31-36-33-18-37(31)2)40-30(41-28(19)21-12-10-20(16-38)11-13-21)22-6-5-7-23(14-22)34-29(39)26-15-32-24-8-3-4-9-25(24)35-26/h3-15,18-19,27-28,30,38H,16-17H2,1-2H3,(H,34,39). The summed E-state index contributed by atoms with van der Waals surface area (Å²) in [4.78, 5) is 21.8. The number of hydrogen-bond acceptors (Lipinski definition) is 9. The van der Waals surface area contributed by atoms with Crippen molar-refractivity contribution in [2.45, 2.75) is 37.2 Å². The van der Waals surface area contributed by atoms with Crippen LogP contribution in [0.3, 0.4) is 0 Å². The maximum Gasteiger partial charge on any atom is 0.275 e. The van der Waals surface area contributed by atoms with Crippen LogP contribution in [-0.2, 0) is 23.1 Å². The second kappa shape index (κ2) is 12.4. The van der Waals surface area contributed by atoms with Crippen molar-refractivity contribution in [3.63, 3.8) is 0 Å². The Kier molecular flexibility index (Phi) is 8.24. The van der Waals surface area contributed by atoms with Crippen LogP contribution in [0.25, 0.3) is 11.0 Å². The molecule has 5 aromatic rings. The van der Waals surface area contributed by atoms with E-state index in [0.717, 1.165) is 27.4 Å². The Hall–Kier alpha value is -4.16. The number of ether oxygens (including phenoxy) is 2. The Bertz CT molecular complexity index is 1690. The number of anilines is 1. The predicted molar refractivity (Wildman–Crippen MR) is 159 cm³/mol. The van der Waals surface area contributed by atoms with E-state index in [1.807, 2.05) is 84.4 Å². The number of aliphatic hydroxyl groups excluding tert-OH is 1. The number of amides is 1. The summed E-state index contributed by atoms with van der Waals surface area (Å²) < 4.78 is 15.0. The fraction of sp³-hybridized carbons (Fsp3) is 0.258. The van der Waals surface area contributed by atoms with Crippen molar-refractivity contribution < 1.29 is 19.4 Å². The molecule has 1 aliphatic rings. The molecule has 0 aliphatic carbocycles. The SMILES string of the molecule is CC1C(CSc2nncn2C)OC(c2cccc(NC(=O)c3cnc4ccccc4n3)c2)OC1c1ccc(CO)cc1. The van der Waals surface area contributed by atoms with Crippen LogP contribution in [0, 0.1) is 5.92 Å². The van der Waals surface area contributed by atoms with Gasteiger partial charge in [-0.2, -0.15) is 0 Å². The van der Waals surface area contributed by atoms with Crippen molar-refractivity contribution in [3.05, 3.63) is 108 Å². The molecule has 1 amide bonds. The highest BCUT2D eigenvalue weighted by Gasteiger charge is 2.38. The predicted octanol–water partition coefficient (Wildman–Crippen LogP) is 5.09. The van der Waals surface area contributed by atoms with Crippen LogP contribution in [0.2, 0.25) is 0 Å². The van der Waals surface area contributed by atoms with E-state index in [1.54, 1.807) is 18.1 Å². The van der Waals surface area contributed by atoms with Crippen molar-refractivity contribution in [3.8, 4) is 0 Å². The van der Waals surface area contributed by atoms with Crippen LogP contribution in [-0.4, -0.2) is 47.6 Å². The zero-order valence-electron chi connectivity index (χ0n) is 23.1. The van der Waals surface area contributed by atoms with Crippen molar-refractivity contribution in [1.82, 2.24) is 24.7 Å². The van der Waals surface area contributed by atoms with E-state index in [1.165, 1.54) is 6.20 Å². The third kappa shape index (κ3) is 6.04. The maximum absolute atomic E-state index is 13.0. The molecule has 1 saturated heterocycles. The van der Waals surface area contributed by atoms with Crippen molar-refractivity contribution in [1.29, 1.82) is 0 Å². The minimum Gasteiger partial charge on any atom is -0.392 e. The first-order valence-corrected chi connectivity index (χ1v) is 14.6. The molecule has 10 nitrogen and oxygen atoms in total. The summed E-state index contributed by atoms with van der Waals surface area (Å²) in [6.45, 7) is 2.09. The summed E-state index contributed by atoms with van der Waals surface area (Å²) in [7, 11) is 1.91. The number of rotatable bonds is 8. The third-order valence-corrected chi connectivity index (χ3v) is 8.39. The molecule has 1 fully saturated rings. The van der Waals surface area contributed by atoms with Gasteiger partial charge >= 0.3 is 0 Å². The number of thioether (sulfide) groups is 1. The van der Waals surface area contributed by atoms with E-state index in [4.69, 9.17) is 9.47 Å². The van der Waals surface area contributed by atoms with Gasteiger partial charge in [-0.3, -0.25) is 9.78 Å². The van der Waals surface area contributed by atoms with Crippen molar-refractivity contribution in [2.75, 3.05) is 11.1 Å². The van der Waals surface area contributed by atoms with Gasteiger partial charge in [-0.1, -0.05) is 67.2 Å². The van der Waals surface area contributed by atoms with E-state index in [0.29, 0.717) is 17.0 Å². The van der Waals surface area contributed by atoms with E-state index in [9.17, 15) is 9.90 Å². The molecule has 4 atom stereocenters. The van der Waals surface area contributed by atoms with E-state index >= 15 is 0 Å². The topological polar surface area (TPSA) is 124 Å². The molecule has 6 rings (SSSR count). The lowest BCUT2D eigenvalue weighted by atomic mass is 9.91. The average molecular weight is 583 g/mol. The Morgan fingerprint density at radius 1 is 1.02 bits per heavy atom. The van der Waals surface area contributed by atoms with Crippen LogP contribution in [0.1, 0.15) is 46.5 Å². The van der Waals surface area contributed by atoms with E-state index in [-0.39, 0.29) is 36.3 Å². The normalized spacial score (nSPS) is 20.5. The lowest BCUT2D eigenvalue weighted by Gasteiger charge is -2.41. The second-order valence-electron chi connectivity index (χ2n) is 10.2. The van der Waals surface area contributed by atoms with Crippen LogP contribution < -0.4 is 5.32 Å². The van der Waals surface area contributed by atoms with Gasteiger partial charge in [-0.25, -0.2) is 4.98 Å². The summed E-state index contributed by atoms with van der Waals surface area (Å²) in [6.07, 6.45) is 2.05. The van der Waals surface area contributed by atoms with Gasteiger partial charge in [0.25, 0.3) is 5.91 Å². The first-order chi connectivity index (χ1) is 20.5. The fourth-order valence-corrected chi connectivity index (χ4v) is 5.95. The molecule has 214 valence electrons. The number of aryl methyl sites for hydroxylation is 1. The van der Waals surface area contributed by atoms with Gasteiger partial charge in [-0.15, -0.1) is 10.2 Å². The number of carbonyl (C=O) groups is 1. The van der Waals surface area contributed by atoms with Gasteiger partial charge in [0, 0.05) is 30.0 Å². The summed E-state index contributed by atoms with van der Waals surface area (Å²) in [5, 5.41) is 21.4. The molecular weight excluding hydrogens is 552 g/mol. The van der Waals surface area contributed by atoms with Crippen LogP contribution in [0.15, 0.2) is 90.5 Å². The zero-order valence-corrected chi connectivity index (χ0v) is 23.9. The number of benzene rings is 3. The molecule has 0 spiro atoms. The van der Waals surface area contributed by atoms with E-state index < -0.39 is 6.29 Å². The molecule has 1 aliphatic heterocycles. The maximum atomic E-state index is 13.0. The van der Waals surface area contributed by atoms with Crippen LogP contribution in [0.5, 0.6) is 0 Å². The van der Waals surface area contributed by atoms with Crippen molar-refractivity contribution in [2.24, 2.45) is 13.0 Å². The number of carbonyl (C=O) groups excluding carboxylic acids is 1. The van der Waals surface area contributed by atoms with Crippen molar-refractivity contribution >= 4 is 34.4 Å². The number of nitrogens with zero attached hydrogens (tertiary/aromatic N) is 5. The van der Waals surface area contributed by atoms with Gasteiger partial charge < -0.3 is 24.5 Å².